The van der Waals surface area contributed by atoms with Crippen LogP contribution in [0.5, 0.6) is 0 Å². The molecule has 0 aliphatic heterocycles. The standard InChI is InChI=1S/C20H13ClF2N4/c1-24-20-15-4-2-11(16-8-14(22)3-5-17(16)23)7-18(15)26-19(27-20)12-6-13(21)10-25-9-12/h2-10H,1H3,(H,24,26,27). The number of halogens is 3. The van der Waals surface area contributed by atoms with Gasteiger partial charge in [-0.2, -0.15) is 0 Å². The zero-order chi connectivity index (χ0) is 19.0. The van der Waals surface area contributed by atoms with Crippen molar-refractivity contribution in [1.29, 1.82) is 0 Å². The van der Waals surface area contributed by atoms with Crippen molar-refractivity contribution in [3.8, 4) is 22.5 Å². The number of nitrogens with zero attached hydrogens (tertiary/aromatic N) is 3. The van der Waals surface area contributed by atoms with E-state index in [1.807, 2.05) is 0 Å². The first-order valence-electron chi connectivity index (χ1n) is 8.11. The minimum atomic E-state index is -0.504. The van der Waals surface area contributed by atoms with Gasteiger partial charge in [0.1, 0.15) is 17.5 Å². The zero-order valence-corrected chi connectivity index (χ0v) is 14.9. The molecule has 1 N–H and O–H groups in total. The van der Waals surface area contributed by atoms with E-state index in [0.717, 1.165) is 17.5 Å². The van der Waals surface area contributed by atoms with Gasteiger partial charge in [-0.05, 0) is 42.0 Å². The normalized spacial score (nSPS) is 11.0. The van der Waals surface area contributed by atoms with Crippen LogP contribution >= 0.6 is 11.6 Å². The lowest BCUT2D eigenvalue weighted by Crippen LogP contribution is -1.99. The van der Waals surface area contributed by atoms with Gasteiger partial charge in [-0.15, -0.1) is 0 Å². The summed E-state index contributed by atoms with van der Waals surface area (Å²) in [5.41, 5.74) is 1.94. The Balaban J connectivity index is 1.93. The predicted molar refractivity (Wildman–Crippen MR) is 103 cm³/mol. The van der Waals surface area contributed by atoms with Gasteiger partial charge in [0.2, 0.25) is 0 Å². The van der Waals surface area contributed by atoms with Crippen LogP contribution < -0.4 is 5.32 Å². The number of benzene rings is 2. The first-order chi connectivity index (χ1) is 13.0. The average molecular weight is 383 g/mol. The maximum atomic E-state index is 14.2. The largest absolute Gasteiger partial charge is 0.373 e. The van der Waals surface area contributed by atoms with E-state index < -0.39 is 11.6 Å². The van der Waals surface area contributed by atoms with E-state index >= 15 is 0 Å². The maximum Gasteiger partial charge on any atom is 0.163 e. The lowest BCUT2D eigenvalue weighted by atomic mass is 10.0. The summed E-state index contributed by atoms with van der Waals surface area (Å²) in [6.45, 7) is 0. The lowest BCUT2D eigenvalue weighted by molar-refractivity contribution is 0.603. The van der Waals surface area contributed by atoms with E-state index in [-0.39, 0.29) is 5.56 Å². The fourth-order valence-corrected chi connectivity index (χ4v) is 3.04. The van der Waals surface area contributed by atoms with Gasteiger partial charge in [0, 0.05) is 36.0 Å². The molecular weight excluding hydrogens is 370 g/mol. The second-order valence-electron chi connectivity index (χ2n) is 5.89. The van der Waals surface area contributed by atoms with Crippen molar-refractivity contribution in [3.05, 3.63) is 71.5 Å². The van der Waals surface area contributed by atoms with Crippen LogP contribution in [0.25, 0.3) is 33.4 Å². The molecule has 27 heavy (non-hydrogen) atoms. The van der Waals surface area contributed by atoms with Crippen LogP contribution in [0.15, 0.2) is 54.9 Å². The highest BCUT2D eigenvalue weighted by Crippen LogP contribution is 2.30. The van der Waals surface area contributed by atoms with Crippen LogP contribution in [0.4, 0.5) is 14.6 Å². The number of pyridine rings is 1. The molecule has 0 radical (unpaired) electrons. The van der Waals surface area contributed by atoms with Crippen molar-refractivity contribution in [3.63, 3.8) is 0 Å². The molecule has 4 aromatic rings. The monoisotopic (exact) mass is 382 g/mol. The number of fused-ring (bicyclic) bond motifs is 1. The maximum absolute atomic E-state index is 14.2. The van der Waals surface area contributed by atoms with E-state index in [2.05, 4.69) is 20.3 Å². The highest BCUT2D eigenvalue weighted by molar-refractivity contribution is 6.30. The van der Waals surface area contributed by atoms with Crippen LogP contribution in [0.2, 0.25) is 5.02 Å². The summed E-state index contributed by atoms with van der Waals surface area (Å²) >= 11 is 6.01. The first-order valence-corrected chi connectivity index (χ1v) is 8.49. The van der Waals surface area contributed by atoms with Gasteiger partial charge in [0.15, 0.2) is 5.82 Å². The molecule has 0 bridgehead atoms. The molecule has 0 spiro atoms. The summed E-state index contributed by atoms with van der Waals surface area (Å²) in [7, 11) is 1.75. The van der Waals surface area contributed by atoms with Crippen LogP contribution in [-0.2, 0) is 0 Å². The molecule has 0 fully saturated rings. The Morgan fingerprint density at radius 2 is 1.78 bits per heavy atom. The van der Waals surface area contributed by atoms with Crippen molar-refractivity contribution in [2.24, 2.45) is 0 Å². The van der Waals surface area contributed by atoms with E-state index in [0.29, 0.717) is 33.3 Å². The molecule has 0 atom stereocenters. The summed E-state index contributed by atoms with van der Waals surface area (Å²) in [6.07, 6.45) is 3.14. The Morgan fingerprint density at radius 3 is 2.56 bits per heavy atom. The molecule has 0 unspecified atom stereocenters. The summed E-state index contributed by atoms with van der Waals surface area (Å²) in [5, 5.41) is 4.27. The van der Waals surface area contributed by atoms with Gasteiger partial charge in [-0.1, -0.05) is 17.7 Å². The highest BCUT2D eigenvalue weighted by Gasteiger charge is 2.12. The highest BCUT2D eigenvalue weighted by atomic mass is 35.5. The number of nitrogens with one attached hydrogen (secondary N) is 1. The molecule has 0 saturated carbocycles. The molecule has 7 heteroatoms. The third-order valence-corrected chi connectivity index (χ3v) is 4.34. The number of anilines is 1. The Labute approximate surface area is 158 Å². The Morgan fingerprint density at radius 1 is 0.926 bits per heavy atom. The average Bonchev–Trinajstić information content (AvgIpc) is 2.68. The Kier molecular flexibility index (Phi) is 4.41. The van der Waals surface area contributed by atoms with Crippen molar-refractivity contribution < 1.29 is 8.78 Å². The number of rotatable bonds is 3. The third kappa shape index (κ3) is 3.31. The molecule has 0 aliphatic rings. The van der Waals surface area contributed by atoms with Gasteiger partial charge in [-0.3, -0.25) is 4.98 Å². The third-order valence-electron chi connectivity index (χ3n) is 4.14. The minimum absolute atomic E-state index is 0.174. The molecule has 4 rings (SSSR count). The second kappa shape index (κ2) is 6.89. The predicted octanol–water partition coefficient (Wildman–Crippen LogP) is 5.33. The summed E-state index contributed by atoms with van der Waals surface area (Å²) in [5.74, 6) is 0.0358. The zero-order valence-electron chi connectivity index (χ0n) is 14.2. The molecule has 2 aromatic carbocycles. The molecular formula is C20H13ClF2N4. The summed E-state index contributed by atoms with van der Waals surface area (Å²) in [4.78, 5) is 13.1. The fraction of sp³-hybridized carbons (Fsp3) is 0.0500. The van der Waals surface area contributed by atoms with Crippen molar-refractivity contribution in [2.45, 2.75) is 0 Å². The van der Waals surface area contributed by atoms with E-state index in [1.165, 1.54) is 12.3 Å². The van der Waals surface area contributed by atoms with Gasteiger partial charge in [-0.25, -0.2) is 18.7 Å². The van der Waals surface area contributed by atoms with Gasteiger partial charge in [0.05, 0.1) is 10.5 Å². The molecule has 0 saturated heterocycles. The van der Waals surface area contributed by atoms with Gasteiger partial charge in [0.25, 0.3) is 0 Å². The van der Waals surface area contributed by atoms with Crippen LogP contribution in [0, 0.1) is 11.6 Å². The van der Waals surface area contributed by atoms with Crippen molar-refractivity contribution >= 4 is 28.3 Å². The van der Waals surface area contributed by atoms with Gasteiger partial charge < -0.3 is 5.32 Å². The van der Waals surface area contributed by atoms with Crippen LogP contribution in [0.1, 0.15) is 0 Å². The summed E-state index contributed by atoms with van der Waals surface area (Å²) in [6, 6.07) is 10.3. The molecule has 2 aromatic heterocycles. The SMILES string of the molecule is CNc1nc(-c2cncc(Cl)c2)nc2cc(-c3cc(F)ccc3F)ccc12. The quantitative estimate of drug-likeness (QED) is 0.520. The Hall–Kier alpha value is -3.12. The fourth-order valence-electron chi connectivity index (χ4n) is 2.87. The first kappa shape index (κ1) is 17.3. The minimum Gasteiger partial charge on any atom is -0.373 e. The summed E-state index contributed by atoms with van der Waals surface area (Å²) < 4.78 is 27.7. The van der Waals surface area contributed by atoms with Crippen molar-refractivity contribution in [1.82, 2.24) is 15.0 Å². The van der Waals surface area contributed by atoms with Crippen LogP contribution in [0.3, 0.4) is 0 Å². The number of hydrogen-bond acceptors (Lipinski definition) is 4. The number of hydrogen-bond donors (Lipinski definition) is 1. The lowest BCUT2D eigenvalue weighted by Gasteiger charge is -2.10. The van der Waals surface area contributed by atoms with E-state index in [9.17, 15) is 8.78 Å². The molecule has 0 amide bonds. The molecule has 2 heterocycles. The second-order valence-corrected chi connectivity index (χ2v) is 6.33. The van der Waals surface area contributed by atoms with E-state index in [4.69, 9.17) is 11.6 Å². The van der Waals surface area contributed by atoms with E-state index in [1.54, 1.807) is 37.5 Å². The molecule has 134 valence electrons. The van der Waals surface area contributed by atoms with Gasteiger partial charge >= 0.3 is 0 Å². The van der Waals surface area contributed by atoms with Crippen molar-refractivity contribution in [2.75, 3.05) is 12.4 Å². The topological polar surface area (TPSA) is 50.7 Å². The Bertz CT molecular complexity index is 1160. The molecule has 0 aliphatic carbocycles. The smallest absolute Gasteiger partial charge is 0.163 e. The number of aromatic nitrogens is 3. The molecule has 4 nitrogen and oxygen atoms in total. The van der Waals surface area contributed by atoms with Crippen LogP contribution in [-0.4, -0.2) is 22.0 Å².